The van der Waals surface area contributed by atoms with Crippen LogP contribution in [0.4, 0.5) is 0 Å². The van der Waals surface area contributed by atoms with E-state index in [0.29, 0.717) is 19.8 Å². The number of aryl methyl sites for hydroxylation is 1. The normalized spacial score (nSPS) is 22.4. The van der Waals surface area contributed by atoms with Gasteiger partial charge in [-0.15, -0.1) is 0 Å². The average molecular weight is 236 g/mol. The van der Waals surface area contributed by atoms with E-state index >= 15 is 0 Å². The molecule has 17 heavy (non-hydrogen) atoms. The second-order valence-corrected chi connectivity index (χ2v) is 4.22. The molecule has 1 saturated heterocycles. The maximum atomic E-state index is 5.67. The third kappa shape index (κ3) is 3.04. The molecule has 1 aliphatic heterocycles. The number of hydrazine groups is 1. The highest BCUT2D eigenvalue weighted by molar-refractivity contribution is 5.25. The fraction of sp³-hybridized carbons (Fsp3) is 0.538. The van der Waals surface area contributed by atoms with Gasteiger partial charge in [-0.25, -0.2) is 0 Å². The molecule has 3 N–H and O–H groups in total. The zero-order chi connectivity index (χ0) is 12.1. The lowest BCUT2D eigenvalue weighted by Gasteiger charge is -2.30. The maximum Gasteiger partial charge on any atom is 0.102 e. The van der Waals surface area contributed by atoms with Gasteiger partial charge in [-0.2, -0.15) is 0 Å². The topological polar surface area (TPSA) is 56.5 Å². The molecule has 2 rings (SSSR count). The number of hydrogen-bond donors (Lipinski definition) is 2. The van der Waals surface area contributed by atoms with Crippen LogP contribution in [-0.2, 0) is 15.9 Å². The van der Waals surface area contributed by atoms with Gasteiger partial charge in [0.25, 0.3) is 0 Å². The van der Waals surface area contributed by atoms with Gasteiger partial charge >= 0.3 is 0 Å². The summed E-state index contributed by atoms with van der Waals surface area (Å²) in [5, 5.41) is 0. The van der Waals surface area contributed by atoms with Crippen molar-refractivity contribution in [2.75, 3.05) is 19.8 Å². The number of rotatable bonds is 4. The van der Waals surface area contributed by atoms with Crippen molar-refractivity contribution in [1.82, 2.24) is 5.43 Å². The van der Waals surface area contributed by atoms with Gasteiger partial charge in [-0.05, 0) is 17.5 Å². The third-order valence-electron chi connectivity index (χ3n) is 3.14. The van der Waals surface area contributed by atoms with Crippen LogP contribution in [0.15, 0.2) is 24.3 Å². The number of ether oxygens (including phenoxy) is 2. The molecular weight excluding hydrogens is 216 g/mol. The number of hydrogen-bond acceptors (Lipinski definition) is 4. The summed E-state index contributed by atoms with van der Waals surface area (Å²) in [6.45, 7) is 4.04. The molecule has 0 bridgehead atoms. The quantitative estimate of drug-likeness (QED) is 0.608. The number of benzene rings is 1. The van der Waals surface area contributed by atoms with Crippen molar-refractivity contribution in [3.05, 3.63) is 35.4 Å². The first-order valence-corrected chi connectivity index (χ1v) is 6.09. The Kier molecular flexibility index (Phi) is 4.50. The van der Waals surface area contributed by atoms with Crippen molar-refractivity contribution in [3.63, 3.8) is 0 Å². The molecule has 4 heteroatoms. The van der Waals surface area contributed by atoms with Gasteiger partial charge in [0.05, 0.1) is 25.9 Å². The summed E-state index contributed by atoms with van der Waals surface area (Å²) in [5.41, 5.74) is 5.28. The molecule has 1 aliphatic rings. The molecular formula is C13H20N2O2. The molecule has 0 amide bonds. The molecule has 1 aromatic rings. The first-order chi connectivity index (χ1) is 8.35. The zero-order valence-corrected chi connectivity index (χ0v) is 10.2. The minimum Gasteiger partial charge on any atom is -0.376 e. The van der Waals surface area contributed by atoms with Gasteiger partial charge in [0.2, 0.25) is 0 Å². The van der Waals surface area contributed by atoms with Crippen molar-refractivity contribution in [1.29, 1.82) is 0 Å². The molecule has 0 saturated carbocycles. The second kappa shape index (κ2) is 6.12. The van der Waals surface area contributed by atoms with E-state index in [4.69, 9.17) is 15.3 Å². The summed E-state index contributed by atoms with van der Waals surface area (Å²) in [6.07, 6.45) is 1.03. The van der Waals surface area contributed by atoms with E-state index in [9.17, 15) is 0 Å². The van der Waals surface area contributed by atoms with Gasteiger partial charge in [0.1, 0.15) is 6.10 Å². The summed E-state index contributed by atoms with van der Waals surface area (Å²) in [4.78, 5) is 0. The van der Waals surface area contributed by atoms with Gasteiger partial charge in [0.15, 0.2) is 0 Å². The van der Waals surface area contributed by atoms with Crippen LogP contribution in [0.2, 0.25) is 0 Å². The Bertz CT molecular complexity index is 334. The van der Waals surface area contributed by atoms with Crippen LogP contribution in [0.5, 0.6) is 0 Å². The molecule has 2 unspecified atom stereocenters. The van der Waals surface area contributed by atoms with Gasteiger partial charge in [0, 0.05) is 0 Å². The van der Waals surface area contributed by atoms with Crippen molar-refractivity contribution in [2.24, 2.45) is 5.84 Å². The molecule has 0 spiro atoms. The third-order valence-corrected chi connectivity index (χ3v) is 3.14. The molecule has 1 fully saturated rings. The van der Waals surface area contributed by atoms with Crippen LogP contribution in [-0.4, -0.2) is 25.9 Å². The minimum absolute atomic E-state index is 0.0128. The van der Waals surface area contributed by atoms with E-state index < -0.39 is 0 Å². The molecule has 1 heterocycles. The molecule has 0 aliphatic carbocycles. The summed E-state index contributed by atoms with van der Waals surface area (Å²) in [6, 6.07) is 8.44. The monoisotopic (exact) mass is 236 g/mol. The van der Waals surface area contributed by atoms with Crippen LogP contribution < -0.4 is 11.3 Å². The Morgan fingerprint density at radius 2 is 2.12 bits per heavy atom. The molecule has 0 radical (unpaired) electrons. The summed E-state index contributed by atoms with van der Waals surface area (Å²) in [5.74, 6) is 5.62. The average Bonchev–Trinajstić information content (AvgIpc) is 2.42. The highest BCUT2D eigenvalue weighted by Gasteiger charge is 2.25. The Morgan fingerprint density at radius 3 is 2.65 bits per heavy atom. The van der Waals surface area contributed by atoms with Crippen molar-refractivity contribution in [3.8, 4) is 0 Å². The van der Waals surface area contributed by atoms with Crippen molar-refractivity contribution in [2.45, 2.75) is 25.5 Å². The molecule has 94 valence electrons. The predicted molar refractivity (Wildman–Crippen MR) is 66.4 cm³/mol. The molecule has 4 nitrogen and oxygen atoms in total. The number of nitrogens with two attached hydrogens (primary N) is 1. The largest absolute Gasteiger partial charge is 0.376 e. The Labute approximate surface area is 102 Å². The van der Waals surface area contributed by atoms with Crippen LogP contribution in [0, 0.1) is 0 Å². The number of nitrogens with one attached hydrogen (secondary N) is 1. The predicted octanol–water partition coefficient (Wildman–Crippen LogP) is 1.17. The van der Waals surface area contributed by atoms with E-state index in [1.807, 2.05) is 0 Å². The summed E-state index contributed by atoms with van der Waals surface area (Å²) < 4.78 is 11.1. The first kappa shape index (κ1) is 12.5. The highest BCUT2D eigenvalue weighted by Crippen LogP contribution is 2.21. The first-order valence-electron chi connectivity index (χ1n) is 6.09. The SMILES string of the molecule is CCc1ccc(C(NN)C2COCCO2)cc1. The lowest BCUT2D eigenvalue weighted by molar-refractivity contribution is -0.102. The standard InChI is InChI=1S/C13H20N2O2/c1-2-10-3-5-11(6-4-10)13(15-14)12-9-16-7-8-17-12/h3-6,12-13,15H,2,7-9,14H2,1H3. The van der Waals surface area contributed by atoms with Crippen LogP contribution >= 0.6 is 0 Å². The van der Waals surface area contributed by atoms with E-state index in [-0.39, 0.29) is 12.1 Å². The lowest BCUT2D eigenvalue weighted by atomic mass is 10.00. The van der Waals surface area contributed by atoms with Crippen LogP contribution in [0.1, 0.15) is 24.1 Å². The molecule has 1 aromatic carbocycles. The summed E-state index contributed by atoms with van der Waals surface area (Å²) >= 11 is 0. The lowest BCUT2D eigenvalue weighted by Crippen LogP contribution is -2.43. The van der Waals surface area contributed by atoms with E-state index in [1.54, 1.807) is 0 Å². The van der Waals surface area contributed by atoms with E-state index in [1.165, 1.54) is 5.56 Å². The van der Waals surface area contributed by atoms with Crippen LogP contribution in [0.25, 0.3) is 0 Å². The van der Waals surface area contributed by atoms with Gasteiger partial charge in [-0.1, -0.05) is 31.2 Å². The maximum absolute atomic E-state index is 5.67. The van der Waals surface area contributed by atoms with Crippen molar-refractivity contribution < 1.29 is 9.47 Å². The van der Waals surface area contributed by atoms with Crippen LogP contribution in [0.3, 0.4) is 0 Å². The van der Waals surface area contributed by atoms with Gasteiger partial charge < -0.3 is 9.47 Å². The fourth-order valence-corrected chi connectivity index (χ4v) is 2.08. The molecule has 0 aromatic heterocycles. The van der Waals surface area contributed by atoms with E-state index in [2.05, 4.69) is 36.6 Å². The van der Waals surface area contributed by atoms with Gasteiger partial charge in [-0.3, -0.25) is 11.3 Å². The van der Waals surface area contributed by atoms with E-state index in [0.717, 1.165) is 12.0 Å². The fourth-order valence-electron chi connectivity index (χ4n) is 2.08. The Hall–Kier alpha value is -0.940. The summed E-state index contributed by atoms with van der Waals surface area (Å²) in [7, 11) is 0. The minimum atomic E-state index is -0.0128. The second-order valence-electron chi connectivity index (χ2n) is 4.22. The molecule has 2 atom stereocenters. The zero-order valence-electron chi connectivity index (χ0n) is 10.2. The highest BCUT2D eigenvalue weighted by atomic mass is 16.6. The van der Waals surface area contributed by atoms with Crippen molar-refractivity contribution >= 4 is 0 Å². The Morgan fingerprint density at radius 1 is 1.35 bits per heavy atom. The smallest absolute Gasteiger partial charge is 0.102 e. The Balaban J connectivity index is 2.10.